The zero-order valence-corrected chi connectivity index (χ0v) is 16.5. The van der Waals surface area contributed by atoms with Crippen molar-refractivity contribution in [3.05, 3.63) is 34.3 Å². The van der Waals surface area contributed by atoms with Crippen molar-refractivity contribution in [3.63, 3.8) is 0 Å². The van der Waals surface area contributed by atoms with Crippen molar-refractivity contribution in [2.45, 2.75) is 32.2 Å². The number of amides is 2. The first-order valence-corrected chi connectivity index (χ1v) is 10.00. The van der Waals surface area contributed by atoms with Gasteiger partial charge in [0.25, 0.3) is 0 Å². The number of likely N-dealkylation sites (tertiary alicyclic amines) is 1. The Morgan fingerprint density at radius 1 is 1.11 bits per heavy atom. The highest BCUT2D eigenvalue weighted by atomic mass is 79.9. The molecule has 0 radical (unpaired) electrons. The molecule has 3 aliphatic rings. The first kappa shape index (κ1) is 18.3. The molecule has 0 spiro atoms. The van der Waals surface area contributed by atoms with Crippen molar-refractivity contribution < 1.29 is 23.9 Å². The van der Waals surface area contributed by atoms with Crippen LogP contribution in [0.2, 0.25) is 0 Å². The lowest BCUT2D eigenvalue weighted by atomic mass is 9.81. The first-order chi connectivity index (χ1) is 12.9. The number of ether oxygens (including phenoxy) is 1. The second kappa shape index (κ2) is 6.86. The number of esters is 1. The lowest BCUT2D eigenvalue weighted by Crippen LogP contribution is -2.45. The smallest absolute Gasteiger partial charge is 0.329 e. The van der Waals surface area contributed by atoms with Crippen LogP contribution in [0.25, 0.3) is 0 Å². The molecular formula is C20H20BrNO5. The van der Waals surface area contributed by atoms with Gasteiger partial charge in [-0.05, 0) is 50.2 Å². The van der Waals surface area contributed by atoms with Crippen molar-refractivity contribution in [3.8, 4) is 0 Å². The highest BCUT2D eigenvalue weighted by Crippen LogP contribution is 2.56. The summed E-state index contributed by atoms with van der Waals surface area (Å²) >= 11 is 3.29. The third-order valence-corrected chi connectivity index (χ3v) is 6.73. The van der Waals surface area contributed by atoms with Gasteiger partial charge in [-0.15, -0.1) is 0 Å². The standard InChI is InChI=1S/C20H20BrNO5/c1-10(20(26)27-9-15(23)11-4-6-14(21)7-5-11)22-18(24)16-12-2-3-13(8-12)17(16)19(22)25/h4-7,10,12-13,16-17H,2-3,8-9H2,1H3/t10-,12-,13+,16-,17-/m0/s1. The molecular weight excluding hydrogens is 414 g/mol. The summed E-state index contributed by atoms with van der Waals surface area (Å²) in [6.07, 6.45) is 2.92. The Kier molecular flexibility index (Phi) is 4.66. The van der Waals surface area contributed by atoms with Gasteiger partial charge >= 0.3 is 5.97 Å². The monoisotopic (exact) mass is 433 g/mol. The lowest BCUT2D eigenvalue weighted by molar-refractivity contribution is -0.157. The quantitative estimate of drug-likeness (QED) is 0.404. The van der Waals surface area contributed by atoms with Gasteiger partial charge in [0.05, 0.1) is 11.8 Å². The predicted octanol–water partition coefficient (Wildman–Crippen LogP) is 2.59. The van der Waals surface area contributed by atoms with E-state index in [1.807, 2.05) is 0 Å². The van der Waals surface area contributed by atoms with Crippen LogP contribution in [0.5, 0.6) is 0 Å². The third-order valence-electron chi connectivity index (χ3n) is 6.20. The van der Waals surface area contributed by atoms with Crippen LogP contribution in [0.15, 0.2) is 28.7 Å². The lowest BCUT2D eigenvalue weighted by Gasteiger charge is -2.22. The number of Topliss-reactive ketones (excluding diaryl/α,β-unsaturated/α-hetero) is 1. The number of carbonyl (C=O) groups excluding carboxylic acids is 4. The second-order valence-corrected chi connectivity index (χ2v) is 8.56. The highest BCUT2D eigenvalue weighted by molar-refractivity contribution is 9.10. The molecule has 2 bridgehead atoms. The maximum Gasteiger partial charge on any atom is 0.329 e. The second-order valence-electron chi connectivity index (χ2n) is 7.65. The first-order valence-electron chi connectivity index (χ1n) is 9.20. The molecule has 2 aliphatic carbocycles. The highest BCUT2D eigenvalue weighted by Gasteiger charge is 2.62. The van der Waals surface area contributed by atoms with Gasteiger partial charge in [0, 0.05) is 10.0 Å². The van der Waals surface area contributed by atoms with Crippen LogP contribution >= 0.6 is 15.9 Å². The molecule has 142 valence electrons. The summed E-state index contributed by atoms with van der Waals surface area (Å²) in [5, 5.41) is 0. The van der Waals surface area contributed by atoms with Crippen LogP contribution < -0.4 is 0 Å². The number of benzene rings is 1. The van der Waals surface area contributed by atoms with Gasteiger partial charge in [0.2, 0.25) is 11.8 Å². The minimum atomic E-state index is -1.01. The van der Waals surface area contributed by atoms with Crippen molar-refractivity contribution in [2.24, 2.45) is 23.7 Å². The Morgan fingerprint density at radius 2 is 1.67 bits per heavy atom. The molecule has 6 nitrogen and oxygen atoms in total. The fraction of sp³-hybridized carbons (Fsp3) is 0.500. The van der Waals surface area contributed by atoms with Gasteiger partial charge < -0.3 is 4.74 Å². The average Bonchev–Trinajstić information content (AvgIpc) is 3.33. The van der Waals surface area contributed by atoms with E-state index in [1.54, 1.807) is 24.3 Å². The number of rotatable bonds is 5. The van der Waals surface area contributed by atoms with Gasteiger partial charge in [-0.2, -0.15) is 0 Å². The fourth-order valence-corrected chi connectivity index (χ4v) is 5.16. The zero-order valence-electron chi connectivity index (χ0n) is 14.9. The van der Waals surface area contributed by atoms with Gasteiger partial charge in [0.15, 0.2) is 12.4 Å². The number of hydrogen-bond donors (Lipinski definition) is 0. The van der Waals surface area contributed by atoms with E-state index in [4.69, 9.17) is 4.74 Å². The summed E-state index contributed by atoms with van der Waals surface area (Å²) in [5.41, 5.74) is 0.429. The summed E-state index contributed by atoms with van der Waals surface area (Å²) < 4.78 is 5.95. The topological polar surface area (TPSA) is 80.8 Å². The van der Waals surface area contributed by atoms with Crippen LogP contribution in [-0.2, 0) is 19.1 Å². The number of hydrogen-bond acceptors (Lipinski definition) is 5. The molecule has 2 saturated carbocycles. The van der Waals surface area contributed by atoms with E-state index in [0.29, 0.717) is 5.56 Å². The molecule has 7 heteroatoms. The summed E-state index contributed by atoms with van der Waals surface area (Å²) in [7, 11) is 0. The van der Waals surface area contributed by atoms with Crippen molar-refractivity contribution in [1.82, 2.24) is 4.90 Å². The van der Waals surface area contributed by atoms with Crippen molar-refractivity contribution in [1.29, 1.82) is 0 Å². The number of imide groups is 1. The molecule has 0 aromatic heterocycles. The molecule has 1 aromatic rings. The molecule has 2 amide bonds. The SMILES string of the molecule is C[C@@H](C(=O)OCC(=O)c1ccc(Br)cc1)N1C(=O)[C@H]2[C@@H]3CC[C@@H](C3)[C@@H]2C1=O. The molecule has 1 aromatic carbocycles. The number of fused-ring (bicyclic) bond motifs is 5. The minimum absolute atomic E-state index is 0.249. The summed E-state index contributed by atoms with van der Waals surface area (Å²) in [4.78, 5) is 51.1. The Morgan fingerprint density at radius 3 is 2.22 bits per heavy atom. The molecule has 3 fully saturated rings. The molecule has 1 heterocycles. The van der Waals surface area contributed by atoms with Crippen LogP contribution in [0.1, 0.15) is 36.5 Å². The fourth-order valence-electron chi connectivity index (χ4n) is 4.90. The average molecular weight is 434 g/mol. The van der Waals surface area contributed by atoms with Gasteiger partial charge in [0.1, 0.15) is 6.04 Å². The van der Waals surface area contributed by atoms with Crippen LogP contribution in [0.4, 0.5) is 0 Å². The third kappa shape index (κ3) is 3.02. The number of halogens is 1. The van der Waals surface area contributed by atoms with E-state index < -0.39 is 18.6 Å². The molecule has 1 saturated heterocycles. The summed E-state index contributed by atoms with van der Waals surface area (Å²) in [6.45, 7) is 1.07. The molecule has 5 atom stereocenters. The van der Waals surface area contributed by atoms with Gasteiger partial charge in [-0.25, -0.2) is 4.79 Å². The maximum absolute atomic E-state index is 12.8. The Hall–Kier alpha value is -2.02. The van der Waals surface area contributed by atoms with E-state index >= 15 is 0 Å². The van der Waals surface area contributed by atoms with Gasteiger partial charge in [-0.3, -0.25) is 19.3 Å². The Bertz CT molecular complexity index is 792. The summed E-state index contributed by atoms with van der Waals surface area (Å²) in [5.74, 6) is -1.56. The van der Waals surface area contributed by atoms with Crippen LogP contribution in [0.3, 0.4) is 0 Å². The van der Waals surface area contributed by atoms with E-state index in [1.165, 1.54) is 6.92 Å². The van der Waals surface area contributed by atoms with E-state index in [9.17, 15) is 19.2 Å². The maximum atomic E-state index is 12.8. The number of ketones is 1. The van der Waals surface area contributed by atoms with E-state index in [0.717, 1.165) is 28.6 Å². The molecule has 0 unspecified atom stereocenters. The predicted molar refractivity (Wildman–Crippen MR) is 98.6 cm³/mol. The van der Waals surface area contributed by atoms with Crippen molar-refractivity contribution in [2.75, 3.05) is 6.61 Å². The largest absolute Gasteiger partial charge is 0.456 e. The van der Waals surface area contributed by atoms with Crippen LogP contribution in [0, 0.1) is 23.7 Å². The van der Waals surface area contributed by atoms with Gasteiger partial charge in [-0.1, -0.05) is 28.1 Å². The normalized spacial score (nSPS) is 29.8. The molecule has 27 heavy (non-hydrogen) atoms. The van der Waals surface area contributed by atoms with Crippen LogP contribution in [-0.4, -0.2) is 41.1 Å². The van der Waals surface area contributed by atoms with Crippen molar-refractivity contribution >= 4 is 39.5 Å². The number of nitrogens with zero attached hydrogens (tertiary/aromatic N) is 1. The Labute approximate surface area is 165 Å². The molecule has 0 N–H and O–H groups in total. The van der Waals surface area contributed by atoms with E-state index in [2.05, 4.69) is 15.9 Å². The minimum Gasteiger partial charge on any atom is -0.456 e. The molecule has 1 aliphatic heterocycles. The van der Waals surface area contributed by atoms with E-state index in [-0.39, 0.29) is 41.3 Å². The summed E-state index contributed by atoms with van der Waals surface area (Å²) in [6, 6.07) is 5.72. The number of carbonyl (C=O) groups is 4. The molecule has 4 rings (SSSR count). The Balaban J connectivity index is 1.39. The zero-order chi connectivity index (χ0) is 19.3.